The second-order valence-corrected chi connectivity index (χ2v) is 19.1. The monoisotopic (exact) mass is 958 g/mol. The predicted molar refractivity (Wildman–Crippen MR) is 307 cm³/mol. The van der Waals surface area contributed by atoms with Crippen LogP contribution in [0.5, 0.6) is 0 Å². The topological polar surface area (TPSA) is 69.9 Å². The Morgan fingerprint density at radius 3 is 1.48 bits per heavy atom. The van der Waals surface area contributed by atoms with Gasteiger partial charge in [-0.2, -0.15) is 0 Å². The number of fused-ring (bicyclic) bond motifs is 9. The lowest BCUT2D eigenvalue weighted by Crippen LogP contribution is -2.00. The fourth-order valence-corrected chi connectivity index (χ4v) is 11.0. The van der Waals surface area contributed by atoms with Gasteiger partial charge in [-0.05, 0) is 117 Å². The van der Waals surface area contributed by atoms with Crippen LogP contribution >= 0.6 is 0 Å². The summed E-state index contributed by atoms with van der Waals surface area (Å²) in [6.45, 7) is 0. The number of hydrogen-bond donors (Lipinski definition) is 0. The molecule has 0 atom stereocenters. The zero-order valence-electron chi connectivity index (χ0n) is 40.4. The van der Waals surface area contributed by atoms with Crippen LogP contribution in [0.3, 0.4) is 0 Å². The molecule has 4 heterocycles. The lowest BCUT2D eigenvalue weighted by molar-refractivity contribution is 0.668. The molecule has 0 radical (unpaired) electrons. The van der Waals surface area contributed by atoms with Gasteiger partial charge in [0.15, 0.2) is 17.5 Å². The van der Waals surface area contributed by atoms with E-state index in [4.69, 9.17) is 23.8 Å². The smallest absolute Gasteiger partial charge is 0.164 e. The van der Waals surface area contributed by atoms with Crippen molar-refractivity contribution in [1.82, 2.24) is 19.5 Å². The van der Waals surface area contributed by atoms with E-state index in [1.165, 1.54) is 21.9 Å². The molecule has 0 aliphatic heterocycles. The minimum absolute atomic E-state index is 0.565. The summed E-state index contributed by atoms with van der Waals surface area (Å²) in [6.07, 6.45) is 0. The standard InChI is InChI=1S/C69H42N4O2/c1-4-15-43(16-5-1)45-27-29-47(30-28-45)68-70-67(46-19-8-3-9-20-46)71-69(72-68)59-40-52(41-65-66(59)55-24-11-13-26-62(55)75-65)49-22-14-21-48(37-49)51-32-35-63-57(39-51)58-42-53(33-36-64(58)74-63)73-60-25-12-10-23-54(60)56-38-50(31-34-61(56)73)44-17-6-2-7-18-44/h1-42H. The van der Waals surface area contributed by atoms with Crippen molar-refractivity contribution in [1.29, 1.82) is 0 Å². The highest BCUT2D eigenvalue weighted by atomic mass is 16.3. The number of aromatic nitrogens is 4. The third-order valence-corrected chi connectivity index (χ3v) is 14.7. The molecule has 0 amide bonds. The van der Waals surface area contributed by atoms with E-state index in [9.17, 15) is 0 Å². The Morgan fingerprint density at radius 1 is 0.253 bits per heavy atom. The van der Waals surface area contributed by atoms with Gasteiger partial charge in [0.25, 0.3) is 0 Å². The van der Waals surface area contributed by atoms with E-state index in [0.29, 0.717) is 17.5 Å². The summed E-state index contributed by atoms with van der Waals surface area (Å²) in [5.41, 5.74) is 18.2. The zero-order valence-corrected chi connectivity index (χ0v) is 40.4. The molecule has 0 N–H and O–H groups in total. The molecule has 15 rings (SSSR count). The third kappa shape index (κ3) is 7.30. The van der Waals surface area contributed by atoms with Gasteiger partial charge in [-0.15, -0.1) is 0 Å². The van der Waals surface area contributed by atoms with E-state index in [-0.39, 0.29) is 0 Å². The summed E-state index contributed by atoms with van der Waals surface area (Å²) < 4.78 is 15.6. The third-order valence-electron chi connectivity index (χ3n) is 14.7. The van der Waals surface area contributed by atoms with Crippen LogP contribution in [0, 0.1) is 0 Å². The van der Waals surface area contributed by atoms with Crippen molar-refractivity contribution >= 4 is 65.7 Å². The van der Waals surface area contributed by atoms with Crippen molar-refractivity contribution in [2.45, 2.75) is 0 Å². The normalized spacial score (nSPS) is 11.7. The maximum absolute atomic E-state index is 6.68. The molecule has 0 saturated heterocycles. The lowest BCUT2D eigenvalue weighted by Gasteiger charge is -2.12. The first-order chi connectivity index (χ1) is 37.1. The molecule has 0 fully saturated rings. The molecule has 0 saturated carbocycles. The van der Waals surface area contributed by atoms with E-state index >= 15 is 0 Å². The fourth-order valence-electron chi connectivity index (χ4n) is 11.0. The van der Waals surface area contributed by atoms with Crippen LogP contribution in [-0.2, 0) is 0 Å². The van der Waals surface area contributed by atoms with E-state index in [1.807, 2.05) is 54.6 Å². The highest BCUT2D eigenvalue weighted by Crippen LogP contribution is 2.42. The van der Waals surface area contributed by atoms with Gasteiger partial charge >= 0.3 is 0 Å². The van der Waals surface area contributed by atoms with Crippen molar-refractivity contribution in [3.63, 3.8) is 0 Å². The summed E-state index contributed by atoms with van der Waals surface area (Å²) >= 11 is 0. The second-order valence-electron chi connectivity index (χ2n) is 19.1. The zero-order chi connectivity index (χ0) is 49.4. The van der Waals surface area contributed by atoms with Crippen LogP contribution in [0.15, 0.2) is 264 Å². The van der Waals surface area contributed by atoms with Crippen LogP contribution < -0.4 is 0 Å². The van der Waals surface area contributed by atoms with Crippen molar-refractivity contribution in [2.75, 3.05) is 0 Å². The van der Waals surface area contributed by atoms with Crippen molar-refractivity contribution in [2.24, 2.45) is 0 Å². The Morgan fingerprint density at radius 2 is 0.720 bits per heavy atom. The highest BCUT2D eigenvalue weighted by molar-refractivity contribution is 6.14. The number of nitrogens with zero attached hydrogens (tertiary/aromatic N) is 4. The van der Waals surface area contributed by atoms with Gasteiger partial charge in [-0.25, -0.2) is 15.0 Å². The molecular formula is C69H42N4O2. The number of para-hydroxylation sites is 2. The van der Waals surface area contributed by atoms with Crippen LogP contribution in [0.4, 0.5) is 0 Å². The number of hydrogen-bond acceptors (Lipinski definition) is 5. The maximum Gasteiger partial charge on any atom is 0.164 e. The summed E-state index contributed by atoms with van der Waals surface area (Å²) in [6, 6.07) is 89.4. The lowest BCUT2D eigenvalue weighted by atomic mass is 9.95. The first-order valence-electron chi connectivity index (χ1n) is 25.2. The number of rotatable bonds is 8. The Kier molecular flexibility index (Phi) is 9.78. The quantitative estimate of drug-likeness (QED) is 0.152. The van der Waals surface area contributed by atoms with Crippen LogP contribution in [0.25, 0.3) is 150 Å². The minimum atomic E-state index is 0.565. The molecule has 11 aromatic carbocycles. The predicted octanol–water partition coefficient (Wildman–Crippen LogP) is 18.4. The molecule has 0 unspecified atom stereocenters. The summed E-state index contributed by atoms with van der Waals surface area (Å²) in [7, 11) is 0. The summed E-state index contributed by atoms with van der Waals surface area (Å²) in [5, 5.41) is 6.51. The van der Waals surface area contributed by atoms with E-state index in [1.54, 1.807) is 0 Å². The molecule has 0 bridgehead atoms. The molecule has 4 aromatic heterocycles. The van der Waals surface area contributed by atoms with Crippen LogP contribution in [0.2, 0.25) is 0 Å². The molecular weight excluding hydrogens is 917 g/mol. The van der Waals surface area contributed by atoms with Gasteiger partial charge < -0.3 is 13.4 Å². The van der Waals surface area contributed by atoms with Gasteiger partial charge in [0.1, 0.15) is 22.3 Å². The van der Waals surface area contributed by atoms with E-state index in [0.717, 1.165) is 111 Å². The maximum atomic E-state index is 6.68. The van der Waals surface area contributed by atoms with Crippen molar-refractivity contribution in [3.8, 4) is 84.4 Å². The van der Waals surface area contributed by atoms with Crippen LogP contribution in [-0.4, -0.2) is 19.5 Å². The van der Waals surface area contributed by atoms with Gasteiger partial charge in [0.05, 0.1) is 11.0 Å². The Labute approximate surface area is 431 Å². The Balaban J connectivity index is 0.846. The fraction of sp³-hybridized carbons (Fsp3) is 0. The minimum Gasteiger partial charge on any atom is -0.456 e. The van der Waals surface area contributed by atoms with Crippen molar-refractivity contribution in [3.05, 3.63) is 255 Å². The Hall–Kier alpha value is -10.2. The first kappa shape index (κ1) is 42.5. The van der Waals surface area contributed by atoms with E-state index in [2.05, 4.69) is 205 Å². The Bertz CT molecular complexity index is 4690. The van der Waals surface area contributed by atoms with E-state index < -0.39 is 0 Å². The second kappa shape index (κ2) is 17.3. The molecule has 0 spiro atoms. The average molecular weight is 959 g/mol. The average Bonchev–Trinajstić information content (AvgIpc) is 4.20. The van der Waals surface area contributed by atoms with Crippen LogP contribution in [0.1, 0.15) is 0 Å². The molecule has 6 nitrogen and oxygen atoms in total. The number of furan rings is 2. The molecule has 75 heavy (non-hydrogen) atoms. The highest BCUT2D eigenvalue weighted by Gasteiger charge is 2.21. The molecule has 0 aliphatic carbocycles. The van der Waals surface area contributed by atoms with Gasteiger partial charge in [-0.3, -0.25) is 0 Å². The van der Waals surface area contributed by atoms with Gasteiger partial charge in [0, 0.05) is 54.7 Å². The molecule has 0 aliphatic rings. The SMILES string of the molecule is c1ccc(-c2ccc(-c3nc(-c4ccccc4)nc(-c4cc(-c5cccc(-c6ccc7oc8ccc(-n9c%10ccccc%10c%10cc(-c%11ccccc%11)ccc%109)cc8c7c6)c5)cc5oc6ccccc6c45)n3)cc2)cc1. The van der Waals surface area contributed by atoms with Gasteiger partial charge in [0.2, 0.25) is 0 Å². The number of benzene rings is 11. The first-order valence-corrected chi connectivity index (χ1v) is 25.2. The molecule has 6 heteroatoms. The van der Waals surface area contributed by atoms with Gasteiger partial charge in [-0.1, -0.05) is 182 Å². The summed E-state index contributed by atoms with van der Waals surface area (Å²) in [4.78, 5) is 15.6. The molecule has 15 aromatic rings. The molecule has 350 valence electrons. The largest absolute Gasteiger partial charge is 0.456 e. The summed E-state index contributed by atoms with van der Waals surface area (Å²) in [5.74, 6) is 1.75. The van der Waals surface area contributed by atoms with Crippen molar-refractivity contribution < 1.29 is 8.83 Å².